The summed E-state index contributed by atoms with van der Waals surface area (Å²) in [5.74, 6) is 0.386. The Hall–Kier alpha value is -1.18. The summed E-state index contributed by atoms with van der Waals surface area (Å²) in [6.07, 6.45) is 1.57. The summed E-state index contributed by atoms with van der Waals surface area (Å²) in [5.41, 5.74) is 0. The van der Waals surface area contributed by atoms with E-state index in [0.717, 1.165) is 0 Å². The molecule has 1 rings (SSSR count). The van der Waals surface area contributed by atoms with Crippen molar-refractivity contribution in [2.45, 2.75) is 11.8 Å². The Labute approximate surface area is 108 Å². The van der Waals surface area contributed by atoms with Crippen molar-refractivity contribution in [2.24, 2.45) is 0 Å². The molecular formula is C11H20N4O2S. The quantitative estimate of drug-likeness (QED) is 0.749. The number of hydrogen-bond donors (Lipinski definition) is 2. The van der Waals surface area contributed by atoms with E-state index in [4.69, 9.17) is 0 Å². The van der Waals surface area contributed by atoms with Crippen LogP contribution >= 0.6 is 0 Å². The number of aromatic nitrogens is 1. The van der Waals surface area contributed by atoms with Gasteiger partial charge in [0.1, 0.15) is 10.7 Å². The number of hydrogen-bond acceptors (Lipinski definition) is 5. The van der Waals surface area contributed by atoms with Gasteiger partial charge in [0, 0.05) is 25.8 Å². The lowest BCUT2D eigenvalue weighted by atomic mass is 10.4. The molecule has 0 aliphatic carbocycles. The van der Waals surface area contributed by atoms with E-state index in [0.29, 0.717) is 25.5 Å². The summed E-state index contributed by atoms with van der Waals surface area (Å²) in [6.45, 7) is 3.54. The van der Waals surface area contributed by atoms with Crippen LogP contribution in [0, 0.1) is 0 Å². The normalized spacial score (nSPS) is 11.8. The van der Waals surface area contributed by atoms with Crippen LogP contribution < -0.4 is 10.0 Å². The SMILES string of the molecule is CCNc1ncccc1S(=O)(=O)NCCN(C)C. The Morgan fingerprint density at radius 2 is 2.11 bits per heavy atom. The van der Waals surface area contributed by atoms with E-state index in [2.05, 4.69) is 15.0 Å². The number of nitrogens with one attached hydrogen (secondary N) is 2. The summed E-state index contributed by atoms with van der Waals surface area (Å²) < 4.78 is 26.8. The number of sulfonamides is 1. The fraction of sp³-hybridized carbons (Fsp3) is 0.545. The van der Waals surface area contributed by atoms with Crippen molar-refractivity contribution in [3.63, 3.8) is 0 Å². The Morgan fingerprint density at radius 3 is 2.72 bits per heavy atom. The second kappa shape index (κ2) is 6.67. The Morgan fingerprint density at radius 1 is 1.39 bits per heavy atom. The molecule has 0 aromatic carbocycles. The van der Waals surface area contributed by atoms with Crippen LogP contribution in [0.4, 0.5) is 5.82 Å². The zero-order valence-corrected chi connectivity index (χ0v) is 11.8. The second-order valence-electron chi connectivity index (χ2n) is 4.08. The van der Waals surface area contributed by atoms with Crippen LogP contribution in [0.5, 0.6) is 0 Å². The highest BCUT2D eigenvalue weighted by Gasteiger charge is 2.18. The molecule has 102 valence electrons. The minimum Gasteiger partial charge on any atom is -0.369 e. The zero-order valence-electron chi connectivity index (χ0n) is 11.0. The molecule has 1 heterocycles. The zero-order chi connectivity index (χ0) is 13.6. The van der Waals surface area contributed by atoms with Gasteiger partial charge in [-0.3, -0.25) is 0 Å². The van der Waals surface area contributed by atoms with Crippen LogP contribution in [-0.4, -0.2) is 52.0 Å². The molecule has 6 nitrogen and oxygen atoms in total. The third-order valence-corrected chi connectivity index (χ3v) is 3.75. The van der Waals surface area contributed by atoms with Gasteiger partial charge in [-0.15, -0.1) is 0 Å². The van der Waals surface area contributed by atoms with E-state index in [1.165, 1.54) is 0 Å². The van der Waals surface area contributed by atoms with Gasteiger partial charge in [0.05, 0.1) is 0 Å². The molecule has 0 bridgehead atoms. The highest BCUT2D eigenvalue weighted by molar-refractivity contribution is 7.89. The maximum atomic E-state index is 12.1. The Balaban J connectivity index is 2.84. The van der Waals surface area contributed by atoms with Crippen molar-refractivity contribution < 1.29 is 8.42 Å². The van der Waals surface area contributed by atoms with Gasteiger partial charge in [0.15, 0.2) is 0 Å². The molecule has 0 saturated heterocycles. The van der Waals surface area contributed by atoms with Gasteiger partial charge in [-0.2, -0.15) is 0 Å². The van der Waals surface area contributed by atoms with Crippen LogP contribution in [-0.2, 0) is 10.0 Å². The van der Waals surface area contributed by atoms with Gasteiger partial charge in [0.25, 0.3) is 0 Å². The molecule has 0 aliphatic heterocycles. The van der Waals surface area contributed by atoms with E-state index in [1.807, 2.05) is 25.9 Å². The number of anilines is 1. The average Bonchev–Trinajstić information content (AvgIpc) is 2.29. The minimum absolute atomic E-state index is 0.186. The smallest absolute Gasteiger partial charge is 0.244 e. The molecule has 0 aliphatic rings. The monoisotopic (exact) mass is 272 g/mol. The lowest BCUT2D eigenvalue weighted by Gasteiger charge is -2.13. The van der Waals surface area contributed by atoms with Crippen LogP contribution in [0.25, 0.3) is 0 Å². The number of rotatable bonds is 7. The first-order chi connectivity index (χ1) is 8.47. The molecule has 1 aromatic rings. The lowest BCUT2D eigenvalue weighted by molar-refractivity contribution is 0.412. The van der Waals surface area contributed by atoms with Gasteiger partial charge in [-0.25, -0.2) is 18.1 Å². The first-order valence-electron chi connectivity index (χ1n) is 5.80. The van der Waals surface area contributed by atoms with Gasteiger partial charge < -0.3 is 10.2 Å². The molecule has 0 saturated carbocycles. The molecule has 1 aromatic heterocycles. The molecular weight excluding hydrogens is 252 g/mol. The third-order valence-electron chi connectivity index (χ3n) is 2.26. The van der Waals surface area contributed by atoms with Crippen molar-refractivity contribution >= 4 is 15.8 Å². The van der Waals surface area contributed by atoms with E-state index in [1.54, 1.807) is 18.3 Å². The van der Waals surface area contributed by atoms with E-state index in [9.17, 15) is 8.42 Å². The fourth-order valence-corrected chi connectivity index (χ4v) is 2.54. The molecule has 0 atom stereocenters. The first kappa shape index (κ1) is 14.9. The third kappa shape index (κ3) is 4.25. The van der Waals surface area contributed by atoms with E-state index < -0.39 is 10.0 Å². The van der Waals surface area contributed by atoms with Gasteiger partial charge >= 0.3 is 0 Å². The van der Waals surface area contributed by atoms with Crippen LogP contribution in [0.1, 0.15) is 6.92 Å². The Kier molecular flexibility index (Phi) is 5.52. The predicted molar refractivity (Wildman–Crippen MR) is 72.1 cm³/mol. The highest BCUT2D eigenvalue weighted by Crippen LogP contribution is 2.17. The molecule has 0 radical (unpaired) electrons. The van der Waals surface area contributed by atoms with Gasteiger partial charge in [0.2, 0.25) is 10.0 Å². The van der Waals surface area contributed by atoms with E-state index >= 15 is 0 Å². The maximum Gasteiger partial charge on any atom is 0.244 e. The fourth-order valence-electron chi connectivity index (χ4n) is 1.39. The summed E-state index contributed by atoms with van der Waals surface area (Å²) in [4.78, 5) is 6.14. The molecule has 7 heteroatoms. The first-order valence-corrected chi connectivity index (χ1v) is 7.29. The van der Waals surface area contributed by atoms with Crippen molar-refractivity contribution in [3.8, 4) is 0 Å². The van der Waals surface area contributed by atoms with Crippen molar-refractivity contribution in [3.05, 3.63) is 18.3 Å². The van der Waals surface area contributed by atoms with Crippen molar-refractivity contribution in [1.29, 1.82) is 0 Å². The van der Waals surface area contributed by atoms with Gasteiger partial charge in [-0.1, -0.05) is 0 Å². The molecule has 18 heavy (non-hydrogen) atoms. The average molecular weight is 272 g/mol. The van der Waals surface area contributed by atoms with Crippen LogP contribution in [0.2, 0.25) is 0 Å². The maximum absolute atomic E-state index is 12.1. The number of nitrogens with zero attached hydrogens (tertiary/aromatic N) is 2. The van der Waals surface area contributed by atoms with Gasteiger partial charge in [-0.05, 0) is 33.2 Å². The van der Waals surface area contributed by atoms with E-state index in [-0.39, 0.29) is 4.90 Å². The van der Waals surface area contributed by atoms with Crippen LogP contribution in [0.3, 0.4) is 0 Å². The predicted octanol–water partition coefficient (Wildman–Crippen LogP) is 0.353. The highest BCUT2D eigenvalue weighted by atomic mass is 32.2. The summed E-state index contributed by atoms with van der Waals surface area (Å²) >= 11 is 0. The Bertz CT molecular complexity index is 474. The summed E-state index contributed by atoms with van der Waals surface area (Å²) in [6, 6.07) is 3.16. The summed E-state index contributed by atoms with van der Waals surface area (Å²) in [7, 11) is 0.272. The lowest BCUT2D eigenvalue weighted by Crippen LogP contribution is -2.31. The topological polar surface area (TPSA) is 74.3 Å². The number of pyridine rings is 1. The minimum atomic E-state index is -3.51. The number of likely N-dealkylation sites (N-methyl/N-ethyl adjacent to an activating group) is 1. The molecule has 0 unspecified atom stereocenters. The molecule has 2 N–H and O–H groups in total. The molecule has 0 amide bonds. The van der Waals surface area contributed by atoms with Crippen LogP contribution in [0.15, 0.2) is 23.2 Å². The molecule has 0 spiro atoms. The van der Waals surface area contributed by atoms with Crippen molar-refractivity contribution in [1.82, 2.24) is 14.6 Å². The standard InChI is InChI=1S/C11H20N4O2S/c1-4-12-11-10(6-5-7-13-11)18(16,17)14-8-9-15(2)3/h5-7,14H,4,8-9H2,1-3H3,(H,12,13). The summed E-state index contributed by atoms with van der Waals surface area (Å²) in [5, 5.41) is 2.94. The second-order valence-corrected chi connectivity index (χ2v) is 5.82. The largest absolute Gasteiger partial charge is 0.369 e. The molecule has 0 fully saturated rings. The van der Waals surface area contributed by atoms with Crippen molar-refractivity contribution in [2.75, 3.05) is 39.0 Å².